The molecule has 2 nitrogen and oxygen atoms in total. The Morgan fingerprint density at radius 2 is 1.79 bits per heavy atom. The van der Waals surface area contributed by atoms with Crippen molar-refractivity contribution < 1.29 is 17.6 Å². The second-order valence-corrected chi connectivity index (χ2v) is 3.87. The maximum absolute atomic E-state index is 13.0. The van der Waals surface area contributed by atoms with E-state index in [4.69, 9.17) is 0 Å². The van der Waals surface area contributed by atoms with E-state index < -0.39 is 10.9 Å². The van der Waals surface area contributed by atoms with Crippen LogP contribution in [0.1, 0.15) is 11.4 Å². The van der Waals surface area contributed by atoms with Crippen LogP contribution in [0.3, 0.4) is 0 Å². The first-order valence-corrected chi connectivity index (χ1v) is 4.44. The lowest BCUT2D eigenvalue weighted by Gasteiger charge is -2.22. The molecular formula is C7H7BrF4N2. The summed E-state index contributed by atoms with van der Waals surface area (Å²) in [7, 11) is 0. The molecule has 7 heteroatoms. The SMILES string of the molecule is Cc1cc(C)n(C(F)(F)C(F)(F)Br)n1. The molecule has 1 rings (SSSR count). The van der Waals surface area contributed by atoms with Crippen molar-refractivity contribution in [1.82, 2.24) is 9.78 Å². The summed E-state index contributed by atoms with van der Waals surface area (Å²) < 4.78 is 51.1. The quantitative estimate of drug-likeness (QED) is 0.599. The second kappa shape index (κ2) is 3.22. The molecule has 0 amide bonds. The Morgan fingerprint density at radius 1 is 1.29 bits per heavy atom. The topological polar surface area (TPSA) is 17.8 Å². The third-order valence-electron chi connectivity index (χ3n) is 1.62. The van der Waals surface area contributed by atoms with Crippen molar-refractivity contribution in [3.8, 4) is 0 Å². The van der Waals surface area contributed by atoms with Crippen molar-refractivity contribution in [3.05, 3.63) is 17.5 Å². The van der Waals surface area contributed by atoms with Gasteiger partial charge in [0.1, 0.15) is 0 Å². The summed E-state index contributed by atoms with van der Waals surface area (Å²) in [5.41, 5.74) is 0.241. The molecule has 0 saturated carbocycles. The van der Waals surface area contributed by atoms with Gasteiger partial charge in [-0.1, -0.05) is 0 Å². The van der Waals surface area contributed by atoms with E-state index in [0.717, 1.165) is 0 Å². The van der Waals surface area contributed by atoms with Crippen LogP contribution in [0.15, 0.2) is 6.07 Å². The monoisotopic (exact) mass is 274 g/mol. The van der Waals surface area contributed by atoms with Gasteiger partial charge in [0.25, 0.3) is 0 Å². The van der Waals surface area contributed by atoms with Gasteiger partial charge in [0, 0.05) is 5.69 Å². The van der Waals surface area contributed by atoms with Crippen LogP contribution in [-0.2, 0) is 6.05 Å². The van der Waals surface area contributed by atoms with Crippen LogP contribution in [0.4, 0.5) is 17.6 Å². The van der Waals surface area contributed by atoms with Gasteiger partial charge in [0.15, 0.2) is 0 Å². The number of aromatic nitrogens is 2. The molecule has 0 aliphatic heterocycles. The molecule has 0 saturated heterocycles. The summed E-state index contributed by atoms with van der Waals surface area (Å²) >= 11 is 1.64. The minimum Gasteiger partial charge on any atom is -0.200 e. The van der Waals surface area contributed by atoms with Gasteiger partial charge in [-0.25, -0.2) is 0 Å². The summed E-state index contributed by atoms with van der Waals surface area (Å²) in [5.74, 6) is 0. The third kappa shape index (κ3) is 1.77. The highest BCUT2D eigenvalue weighted by Gasteiger charge is 2.57. The van der Waals surface area contributed by atoms with Crippen molar-refractivity contribution in [3.63, 3.8) is 0 Å². The minimum atomic E-state index is -4.37. The molecule has 0 aliphatic rings. The molecule has 0 fully saturated rings. The van der Waals surface area contributed by atoms with Crippen molar-refractivity contribution in [2.45, 2.75) is 24.7 Å². The largest absolute Gasteiger partial charge is 0.417 e. The van der Waals surface area contributed by atoms with Crippen LogP contribution in [0, 0.1) is 13.8 Å². The highest BCUT2D eigenvalue weighted by atomic mass is 79.9. The van der Waals surface area contributed by atoms with E-state index in [9.17, 15) is 17.6 Å². The average Bonchev–Trinajstić information content (AvgIpc) is 2.27. The fourth-order valence-corrected chi connectivity index (χ4v) is 1.20. The molecule has 1 heterocycles. The Bertz CT molecular complexity index is 342. The molecule has 80 valence electrons. The first-order chi connectivity index (χ1) is 6.16. The molecule has 0 spiro atoms. The van der Waals surface area contributed by atoms with E-state index in [0.29, 0.717) is 0 Å². The zero-order chi connectivity index (χ0) is 11.1. The standard InChI is InChI=1S/C7H7BrF4N2/c1-4-3-5(2)14(13-4)7(11,12)6(8,9)10/h3H,1-2H3. The van der Waals surface area contributed by atoms with Gasteiger partial charge in [-0.15, -0.1) is 0 Å². The lowest BCUT2D eigenvalue weighted by atomic mass is 10.4. The van der Waals surface area contributed by atoms with Gasteiger partial charge in [0.2, 0.25) is 0 Å². The first kappa shape index (κ1) is 11.5. The van der Waals surface area contributed by atoms with E-state index in [1.54, 1.807) is 15.9 Å². The minimum absolute atomic E-state index is 0.0110. The number of nitrogens with zero attached hydrogens (tertiary/aromatic N) is 2. The van der Waals surface area contributed by atoms with Crippen LogP contribution < -0.4 is 0 Å². The number of aryl methyl sites for hydroxylation is 2. The maximum Gasteiger partial charge on any atom is 0.417 e. The molecule has 14 heavy (non-hydrogen) atoms. The van der Waals surface area contributed by atoms with Crippen LogP contribution in [0.5, 0.6) is 0 Å². The van der Waals surface area contributed by atoms with E-state index in [-0.39, 0.29) is 16.1 Å². The summed E-state index contributed by atoms with van der Waals surface area (Å²) in [6.45, 7) is 2.73. The highest BCUT2D eigenvalue weighted by molar-refractivity contribution is 9.10. The summed E-state index contributed by atoms with van der Waals surface area (Å²) in [4.78, 5) is -4.32. The van der Waals surface area contributed by atoms with Crippen LogP contribution in [0.2, 0.25) is 0 Å². The van der Waals surface area contributed by atoms with Crippen LogP contribution in [-0.4, -0.2) is 14.6 Å². The fourth-order valence-electron chi connectivity index (χ4n) is 1.03. The second-order valence-electron chi connectivity index (χ2n) is 2.88. The first-order valence-electron chi connectivity index (χ1n) is 3.64. The number of hydrogen-bond acceptors (Lipinski definition) is 1. The number of alkyl halides is 5. The molecule has 0 N–H and O–H groups in total. The molecule has 1 aromatic heterocycles. The van der Waals surface area contributed by atoms with E-state index in [2.05, 4.69) is 5.10 Å². The van der Waals surface area contributed by atoms with Crippen molar-refractivity contribution in [2.75, 3.05) is 0 Å². The summed E-state index contributed by atoms with van der Waals surface area (Å²) in [6.07, 6.45) is 0. The Morgan fingerprint density at radius 3 is 2.07 bits per heavy atom. The van der Waals surface area contributed by atoms with Gasteiger partial charge in [-0.3, -0.25) is 0 Å². The summed E-state index contributed by atoms with van der Waals surface area (Å²) in [6, 6.07) is -3.07. The number of hydrogen-bond donors (Lipinski definition) is 0. The average molecular weight is 275 g/mol. The Hall–Kier alpha value is -0.590. The predicted octanol–water partition coefficient (Wildman–Crippen LogP) is 3.04. The Kier molecular flexibility index (Phi) is 2.64. The van der Waals surface area contributed by atoms with Crippen molar-refractivity contribution in [1.29, 1.82) is 0 Å². The third-order valence-corrected chi connectivity index (χ3v) is 2.09. The molecular weight excluding hydrogens is 268 g/mol. The molecule has 0 aromatic carbocycles. The maximum atomic E-state index is 13.0. The van der Waals surface area contributed by atoms with Gasteiger partial charge in [0.05, 0.1) is 5.69 Å². The van der Waals surface area contributed by atoms with Crippen LogP contribution in [0.25, 0.3) is 0 Å². The molecule has 0 aliphatic carbocycles. The van der Waals surface area contributed by atoms with Crippen molar-refractivity contribution >= 4 is 15.9 Å². The van der Waals surface area contributed by atoms with Gasteiger partial charge in [-0.2, -0.15) is 27.3 Å². The summed E-state index contributed by atoms with van der Waals surface area (Å²) in [5, 5.41) is 3.31. The number of rotatable bonds is 2. The van der Waals surface area contributed by atoms with Crippen molar-refractivity contribution in [2.24, 2.45) is 0 Å². The normalized spacial score (nSPS) is 13.4. The zero-order valence-corrected chi connectivity index (χ0v) is 8.95. The number of halogens is 5. The van der Waals surface area contributed by atoms with E-state index in [1.165, 1.54) is 19.9 Å². The van der Waals surface area contributed by atoms with Gasteiger partial charge < -0.3 is 0 Å². The molecule has 0 radical (unpaired) electrons. The molecule has 1 aromatic rings. The lowest BCUT2D eigenvalue weighted by molar-refractivity contribution is -0.213. The van der Waals surface area contributed by atoms with E-state index >= 15 is 0 Å². The highest BCUT2D eigenvalue weighted by Crippen LogP contribution is 2.43. The molecule has 0 bridgehead atoms. The van der Waals surface area contributed by atoms with Crippen LogP contribution >= 0.6 is 15.9 Å². The molecule has 0 unspecified atom stereocenters. The smallest absolute Gasteiger partial charge is 0.200 e. The Balaban J connectivity index is 3.22. The van der Waals surface area contributed by atoms with Gasteiger partial charge >= 0.3 is 10.9 Å². The van der Waals surface area contributed by atoms with E-state index in [1.807, 2.05) is 0 Å². The Labute approximate surface area is 86.0 Å². The zero-order valence-electron chi connectivity index (χ0n) is 7.36. The predicted molar refractivity (Wildman–Crippen MR) is 45.8 cm³/mol. The van der Waals surface area contributed by atoms with Gasteiger partial charge in [-0.05, 0) is 35.8 Å². The fraction of sp³-hybridized carbons (Fsp3) is 0.571. The lowest BCUT2D eigenvalue weighted by Crippen LogP contribution is -2.39. The molecule has 0 atom stereocenters.